The summed E-state index contributed by atoms with van der Waals surface area (Å²) in [4.78, 5) is 8.56. The van der Waals surface area contributed by atoms with Crippen molar-refractivity contribution in [2.24, 2.45) is 0 Å². The molecular weight excluding hydrogens is 322 g/mol. The summed E-state index contributed by atoms with van der Waals surface area (Å²) in [7, 11) is 0. The minimum Gasteiger partial charge on any atom is -0.494 e. The van der Waals surface area contributed by atoms with Crippen LogP contribution in [0.5, 0.6) is 5.75 Å². The Morgan fingerprint density at radius 3 is 2.46 bits per heavy atom. The van der Waals surface area contributed by atoms with Gasteiger partial charge in [0.1, 0.15) is 5.75 Å². The van der Waals surface area contributed by atoms with Crippen molar-refractivity contribution in [1.29, 1.82) is 0 Å². The highest BCUT2D eigenvalue weighted by atomic mass is 16.5. The van der Waals surface area contributed by atoms with E-state index in [1.807, 2.05) is 24.5 Å². The molecule has 130 valence electrons. The zero-order valence-corrected chi connectivity index (χ0v) is 14.6. The summed E-state index contributed by atoms with van der Waals surface area (Å²) in [6, 6.07) is 22.9. The second kappa shape index (κ2) is 7.83. The van der Waals surface area contributed by atoms with E-state index in [-0.39, 0.29) is 0 Å². The molecule has 4 heteroatoms. The van der Waals surface area contributed by atoms with Crippen LogP contribution in [0.3, 0.4) is 0 Å². The van der Waals surface area contributed by atoms with Crippen molar-refractivity contribution in [3.05, 3.63) is 90.4 Å². The van der Waals surface area contributed by atoms with Gasteiger partial charge in [-0.2, -0.15) is 0 Å². The van der Waals surface area contributed by atoms with Crippen LogP contribution in [0.25, 0.3) is 11.2 Å². The fraction of sp³-hybridized carbons (Fsp3) is 0.182. The Labute approximate surface area is 153 Å². The quantitative estimate of drug-likeness (QED) is 0.464. The molecule has 0 spiro atoms. The van der Waals surface area contributed by atoms with Gasteiger partial charge in [0.2, 0.25) is 0 Å². The molecule has 0 aliphatic rings. The molecule has 0 atom stereocenters. The van der Waals surface area contributed by atoms with Crippen LogP contribution in [0.4, 0.5) is 0 Å². The third-order valence-electron chi connectivity index (χ3n) is 4.38. The lowest BCUT2D eigenvalue weighted by Gasteiger charge is -2.08. The van der Waals surface area contributed by atoms with Crippen molar-refractivity contribution in [3.8, 4) is 5.75 Å². The van der Waals surface area contributed by atoms with E-state index >= 15 is 0 Å². The first-order valence-electron chi connectivity index (χ1n) is 8.90. The maximum Gasteiger partial charge on any atom is 0.177 e. The van der Waals surface area contributed by atoms with E-state index in [4.69, 9.17) is 4.74 Å². The molecule has 4 aromatic rings. The molecule has 4 nitrogen and oxygen atoms in total. The Kier molecular flexibility index (Phi) is 4.92. The normalized spacial score (nSPS) is 10.9. The molecule has 0 saturated carbocycles. The lowest BCUT2D eigenvalue weighted by molar-refractivity contribution is 0.302. The summed E-state index contributed by atoms with van der Waals surface area (Å²) < 4.78 is 7.99. The molecule has 0 fully saturated rings. The number of nitrogens with zero attached hydrogens (tertiary/aromatic N) is 3. The highest BCUT2D eigenvalue weighted by Gasteiger charge is 2.02. The molecule has 0 unspecified atom stereocenters. The Balaban J connectivity index is 1.27. The summed E-state index contributed by atoms with van der Waals surface area (Å²) in [5.74, 6) is 0.916. The van der Waals surface area contributed by atoms with Gasteiger partial charge in [0.05, 0.1) is 18.5 Å². The van der Waals surface area contributed by atoms with Gasteiger partial charge in [-0.3, -0.25) is 0 Å². The molecular formula is C22H21N3O. The molecule has 2 aromatic heterocycles. The maximum atomic E-state index is 5.87. The first kappa shape index (κ1) is 16.3. The van der Waals surface area contributed by atoms with Crippen molar-refractivity contribution in [2.45, 2.75) is 19.4 Å². The number of ether oxygens (including phenoxy) is 1. The van der Waals surface area contributed by atoms with Crippen LogP contribution in [-0.4, -0.2) is 21.1 Å². The third kappa shape index (κ3) is 3.91. The lowest BCUT2D eigenvalue weighted by Crippen LogP contribution is -2.03. The summed E-state index contributed by atoms with van der Waals surface area (Å²) in [5.41, 5.74) is 4.48. The van der Waals surface area contributed by atoms with Gasteiger partial charge in [-0.15, -0.1) is 0 Å². The number of rotatable bonds is 7. The van der Waals surface area contributed by atoms with E-state index in [1.165, 1.54) is 11.1 Å². The number of hydrogen-bond donors (Lipinski definition) is 0. The van der Waals surface area contributed by atoms with Gasteiger partial charge < -0.3 is 9.30 Å². The van der Waals surface area contributed by atoms with Crippen LogP contribution in [-0.2, 0) is 13.0 Å². The monoisotopic (exact) mass is 343 g/mol. The first-order chi connectivity index (χ1) is 12.9. The number of aromatic nitrogens is 3. The fourth-order valence-electron chi connectivity index (χ4n) is 3.04. The summed E-state index contributed by atoms with van der Waals surface area (Å²) in [6.07, 6.45) is 5.48. The number of hydrogen-bond acceptors (Lipinski definition) is 3. The predicted molar refractivity (Wildman–Crippen MR) is 103 cm³/mol. The first-order valence-corrected chi connectivity index (χ1v) is 8.90. The molecule has 26 heavy (non-hydrogen) atoms. The summed E-state index contributed by atoms with van der Waals surface area (Å²) in [6.45, 7) is 1.55. The van der Waals surface area contributed by atoms with Gasteiger partial charge in [-0.05, 0) is 48.2 Å². The third-order valence-corrected chi connectivity index (χ3v) is 4.38. The zero-order chi connectivity index (χ0) is 17.6. The Bertz CT molecular complexity index is 962. The molecule has 0 radical (unpaired) electrons. The molecule has 0 amide bonds. The van der Waals surface area contributed by atoms with E-state index in [0.29, 0.717) is 6.61 Å². The molecule has 2 heterocycles. The van der Waals surface area contributed by atoms with Gasteiger partial charge in [0.25, 0.3) is 0 Å². The standard InChI is InChI=1S/C22H21N3O/c1-2-6-18(7-3-1)16-19-9-11-20(12-10-19)26-15-5-14-25-17-24-22-21(25)8-4-13-23-22/h1-4,6-13,17H,5,14-16H2. The zero-order valence-electron chi connectivity index (χ0n) is 14.6. The Morgan fingerprint density at radius 2 is 1.62 bits per heavy atom. The van der Waals surface area contributed by atoms with E-state index in [0.717, 1.165) is 36.3 Å². The lowest BCUT2D eigenvalue weighted by atomic mass is 10.1. The number of benzene rings is 2. The van der Waals surface area contributed by atoms with E-state index in [1.54, 1.807) is 6.20 Å². The van der Waals surface area contributed by atoms with Crippen molar-refractivity contribution < 1.29 is 4.74 Å². The van der Waals surface area contributed by atoms with E-state index < -0.39 is 0 Å². The van der Waals surface area contributed by atoms with Crippen molar-refractivity contribution >= 4 is 11.2 Å². The number of pyridine rings is 1. The molecule has 2 aromatic carbocycles. The van der Waals surface area contributed by atoms with Gasteiger partial charge in [-0.25, -0.2) is 9.97 Å². The second-order valence-electron chi connectivity index (χ2n) is 6.29. The molecule has 4 rings (SSSR count). The topological polar surface area (TPSA) is 39.9 Å². The molecule has 0 N–H and O–H groups in total. The molecule has 0 aliphatic carbocycles. The summed E-state index contributed by atoms with van der Waals surface area (Å²) >= 11 is 0. The van der Waals surface area contributed by atoms with Gasteiger partial charge in [-0.1, -0.05) is 42.5 Å². The van der Waals surface area contributed by atoms with Crippen LogP contribution in [0.15, 0.2) is 79.3 Å². The van der Waals surface area contributed by atoms with Crippen LogP contribution in [0.2, 0.25) is 0 Å². The maximum absolute atomic E-state index is 5.87. The Hall–Kier alpha value is -3.14. The number of fused-ring (bicyclic) bond motifs is 1. The molecule has 0 aliphatic heterocycles. The minimum atomic E-state index is 0.679. The van der Waals surface area contributed by atoms with Crippen LogP contribution >= 0.6 is 0 Å². The van der Waals surface area contributed by atoms with Crippen molar-refractivity contribution in [2.75, 3.05) is 6.61 Å². The smallest absolute Gasteiger partial charge is 0.177 e. The molecule has 0 bridgehead atoms. The Morgan fingerprint density at radius 1 is 0.808 bits per heavy atom. The SMILES string of the molecule is c1ccc(Cc2ccc(OCCCn3cnc4ncccc43)cc2)cc1. The highest BCUT2D eigenvalue weighted by Crippen LogP contribution is 2.16. The van der Waals surface area contributed by atoms with Crippen LogP contribution < -0.4 is 4.74 Å². The second-order valence-corrected chi connectivity index (χ2v) is 6.29. The minimum absolute atomic E-state index is 0.679. The summed E-state index contributed by atoms with van der Waals surface area (Å²) in [5, 5.41) is 0. The number of aryl methyl sites for hydroxylation is 1. The van der Waals surface area contributed by atoms with Gasteiger partial charge in [0, 0.05) is 12.7 Å². The van der Waals surface area contributed by atoms with Crippen LogP contribution in [0, 0.1) is 0 Å². The van der Waals surface area contributed by atoms with Gasteiger partial charge in [0.15, 0.2) is 5.65 Å². The van der Waals surface area contributed by atoms with E-state index in [2.05, 4.69) is 63.1 Å². The average molecular weight is 343 g/mol. The fourth-order valence-corrected chi connectivity index (χ4v) is 3.04. The highest BCUT2D eigenvalue weighted by molar-refractivity contribution is 5.70. The average Bonchev–Trinajstić information content (AvgIpc) is 3.11. The number of imidazole rings is 1. The largest absolute Gasteiger partial charge is 0.494 e. The van der Waals surface area contributed by atoms with E-state index in [9.17, 15) is 0 Å². The van der Waals surface area contributed by atoms with Crippen molar-refractivity contribution in [3.63, 3.8) is 0 Å². The van der Waals surface area contributed by atoms with Crippen LogP contribution in [0.1, 0.15) is 17.5 Å². The predicted octanol–water partition coefficient (Wildman–Crippen LogP) is 4.49. The van der Waals surface area contributed by atoms with Crippen molar-refractivity contribution in [1.82, 2.24) is 14.5 Å². The molecule has 0 saturated heterocycles. The van der Waals surface area contributed by atoms with Gasteiger partial charge >= 0.3 is 0 Å².